The van der Waals surface area contributed by atoms with E-state index in [1.165, 1.54) is 4.57 Å². The Morgan fingerprint density at radius 2 is 1.53 bits per heavy atom. The highest BCUT2D eigenvalue weighted by Gasteiger charge is 2.28. The van der Waals surface area contributed by atoms with Gasteiger partial charge in [-0.05, 0) is 28.5 Å². The Labute approximate surface area is 189 Å². The van der Waals surface area contributed by atoms with E-state index in [9.17, 15) is 9.90 Å². The van der Waals surface area contributed by atoms with Crippen LogP contribution in [-0.4, -0.2) is 20.0 Å². The highest BCUT2D eigenvalue weighted by Crippen LogP contribution is 2.39. The number of phenolic OH excluding ortho intramolecular Hbond substituents is 1. The summed E-state index contributed by atoms with van der Waals surface area (Å²) in [5, 5.41) is 19.5. The molecule has 0 spiro atoms. The summed E-state index contributed by atoms with van der Waals surface area (Å²) in [7, 11) is 0. The van der Waals surface area contributed by atoms with Crippen LogP contribution in [0.4, 0.5) is 5.82 Å². The molecule has 170 valence electrons. The number of nitrogens with one attached hydrogen (secondary N) is 1. The zero-order valence-electron chi connectivity index (χ0n) is 19.9. The number of carbonyl (C=O) groups is 1. The zero-order valence-corrected chi connectivity index (χ0v) is 19.9. The number of anilines is 1. The SMILES string of the molecule is CC(C)(C)c1cc(C(=O)Cn2c(N)cn(Cc3ccccc3)c2=N)cc(C(C)(C)C)c1O. The molecule has 6 nitrogen and oxygen atoms in total. The lowest BCUT2D eigenvalue weighted by Gasteiger charge is -2.28. The minimum Gasteiger partial charge on any atom is -0.507 e. The molecule has 0 amide bonds. The summed E-state index contributed by atoms with van der Waals surface area (Å²) in [6, 6.07) is 13.4. The van der Waals surface area contributed by atoms with Crippen molar-refractivity contribution in [1.29, 1.82) is 5.41 Å². The van der Waals surface area contributed by atoms with Gasteiger partial charge in [0.15, 0.2) is 5.78 Å². The first kappa shape index (κ1) is 23.4. The van der Waals surface area contributed by atoms with Gasteiger partial charge in [0.1, 0.15) is 11.6 Å². The number of hydrogen-bond acceptors (Lipinski definition) is 4. The Hall–Kier alpha value is -3.28. The van der Waals surface area contributed by atoms with E-state index in [4.69, 9.17) is 11.1 Å². The number of ketones is 1. The third-order valence-electron chi connectivity index (χ3n) is 5.67. The maximum Gasteiger partial charge on any atom is 0.204 e. The first-order chi connectivity index (χ1) is 14.8. The number of aromatic hydroxyl groups is 1. The number of nitrogens with two attached hydrogens (primary N) is 1. The van der Waals surface area contributed by atoms with E-state index in [1.54, 1.807) is 22.9 Å². The second-order valence-corrected chi connectivity index (χ2v) is 10.4. The molecule has 0 unspecified atom stereocenters. The van der Waals surface area contributed by atoms with Crippen molar-refractivity contribution in [2.45, 2.75) is 65.5 Å². The molecule has 0 aliphatic rings. The fourth-order valence-electron chi connectivity index (χ4n) is 3.81. The summed E-state index contributed by atoms with van der Waals surface area (Å²) in [4.78, 5) is 13.3. The van der Waals surface area contributed by atoms with E-state index in [0.717, 1.165) is 16.7 Å². The average Bonchev–Trinajstić information content (AvgIpc) is 2.94. The van der Waals surface area contributed by atoms with Gasteiger partial charge in [-0.3, -0.25) is 14.8 Å². The summed E-state index contributed by atoms with van der Waals surface area (Å²) in [5.74, 6) is 0.456. The number of nitrogens with zero attached hydrogens (tertiary/aromatic N) is 2. The monoisotopic (exact) mass is 434 g/mol. The topological polar surface area (TPSA) is 97.0 Å². The minimum atomic E-state index is -0.327. The van der Waals surface area contributed by atoms with Crippen LogP contribution in [-0.2, 0) is 23.9 Å². The third-order valence-corrected chi connectivity index (χ3v) is 5.67. The van der Waals surface area contributed by atoms with Crippen molar-refractivity contribution in [3.8, 4) is 5.75 Å². The molecule has 2 aromatic carbocycles. The molecule has 0 bridgehead atoms. The fourth-order valence-corrected chi connectivity index (χ4v) is 3.81. The highest BCUT2D eigenvalue weighted by molar-refractivity contribution is 5.97. The normalized spacial score (nSPS) is 12.2. The molecule has 0 aliphatic heterocycles. The summed E-state index contributed by atoms with van der Waals surface area (Å²) in [5.41, 5.74) is 8.73. The van der Waals surface area contributed by atoms with Crippen molar-refractivity contribution < 1.29 is 9.90 Å². The lowest BCUT2D eigenvalue weighted by molar-refractivity contribution is 0.0970. The Morgan fingerprint density at radius 1 is 1.00 bits per heavy atom. The molecule has 0 saturated heterocycles. The molecule has 3 rings (SSSR count). The maximum absolute atomic E-state index is 13.3. The van der Waals surface area contributed by atoms with Gasteiger partial charge >= 0.3 is 0 Å². The summed E-state index contributed by atoms with van der Waals surface area (Å²) in [6.07, 6.45) is 1.70. The van der Waals surface area contributed by atoms with Gasteiger partial charge in [0.25, 0.3) is 0 Å². The number of imidazole rings is 1. The van der Waals surface area contributed by atoms with Gasteiger partial charge in [-0.1, -0.05) is 71.9 Å². The van der Waals surface area contributed by atoms with Gasteiger partial charge < -0.3 is 15.4 Å². The molecule has 6 heteroatoms. The van der Waals surface area contributed by atoms with E-state index in [2.05, 4.69) is 0 Å². The first-order valence-electron chi connectivity index (χ1n) is 10.8. The maximum atomic E-state index is 13.3. The van der Waals surface area contributed by atoms with Gasteiger partial charge in [0.05, 0.1) is 13.1 Å². The molecule has 4 N–H and O–H groups in total. The molecular weight excluding hydrogens is 400 g/mol. The van der Waals surface area contributed by atoms with Gasteiger partial charge in [0, 0.05) is 22.9 Å². The molecule has 0 radical (unpaired) electrons. The van der Waals surface area contributed by atoms with Crippen molar-refractivity contribution >= 4 is 11.6 Å². The van der Waals surface area contributed by atoms with Crippen LogP contribution in [0.1, 0.15) is 68.6 Å². The number of Topliss-reactive ketones (excluding diaryl/α,β-unsaturated/α-hetero) is 1. The van der Waals surface area contributed by atoms with Crippen molar-refractivity contribution in [3.05, 3.63) is 76.5 Å². The van der Waals surface area contributed by atoms with E-state index >= 15 is 0 Å². The van der Waals surface area contributed by atoms with Crippen LogP contribution in [0.5, 0.6) is 5.75 Å². The van der Waals surface area contributed by atoms with E-state index in [0.29, 0.717) is 17.9 Å². The van der Waals surface area contributed by atoms with Gasteiger partial charge in [-0.15, -0.1) is 0 Å². The Kier molecular flexibility index (Phi) is 6.09. The molecular formula is C26H34N4O2. The van der Waals surface area contributed by atoms with Crippen molar-refractivity contribution in [2.75, 3.05) is 5.73 Å². The van der Waals surface area contributed by atoms with Crippen LogP contribution in [0.15, 0.2) is 48.7 Å². The third kappa shape index (κ3) is 4.79. The molecule has 0 fully saturated rings. The fraction of sp³-hybridized carbons (Fsp3) is 0.385. The predicted molar refractivity (Wildman–Crippen MR) is 128 cm³/mol. The molecule has 1 heterocycles. The van der Waals surface area contributed by atoms with Crippen LogP contribution in [0.25, 0.3) is 0 Å². The quantitative estimate of drug-likeness (QED) is 0.513. The highest BCUT2D eigenvalue weighted by atomic mass is 16.3. The number of aromatic nitrogens is 2. The predicted octanol–water partition coefficient (Wildman–Crippen LogP) is 4.58. The van der Waals surface area contributed by atoms with Gasteiger partial charge in [-0.25, -0.2) is 0 Å². The second-order valence-electron chi connectivity index (χ2n) is 10.4. The Bertz CT molecular complexity index is 1150. The number of carbonyl (C=O) groups excluding carboxylic acids is 1. The van der Waals surface area contributed by atoms with Crippen LogP contribution in [0.2, 0.25) is 0 Å². The van der Waals surface area contributed by atoms with Gasteiger partial charge in [0.2, 0.25) is 5.62 Å². The molecule has 0 aliphatic carbocycles. The largest absolute Gasteiger partial charge is 0.507 e. The molecule has 3 aromatic rings. The van der Waals surface area contributed by atoms with E-state index in [-0.39, 0.29) is 34.5 Å². The summed E-state index contributed by atoms with van der Waals surface area (Å²) in [6.45, 7) is 12.6. The number of nitrogen functional groups attached to an aromatic ring is 1. The standard InChI is InChI=1S/C26H34N4O2/c1-25(2,3)19-12-18(13-20(23(19)32)26(4,5)6)21(31)15-30-22(27)16-29(24(30)28)14-17-10-8-7-9-11-17/h7-13,16,28,32H,14-15,27H2,1-6H3. The van der Waals surface area contributed by atoms with Crippen LogP contribution in [0, 0.1) is 5.41 Å². The van der Waals surface area contributed by atoms with Gasteiger partial charge in [-0.2, -0.15) is 0 Å². The van der Waals surface area contributed by atoms with Crippen LogP contribution < -0.4 is 11.4 Å². The summed E-state index contributed by atoms with van der Waals surface area (Å²) >= 11 is 0. The number of hydrogen-bond donors (Lipinski definition) is 3. The number of phenols is 1. The summed E-state index contributed by atoms with van der Waals surface area (Å²) < 4.78 is 3.25. The molecule has 0 saturated carbocycles. The lowest BCUT2D eigenvalue weighted by atomic mass is 9.78. The lowest BCUT2D eigenvalue weighted by Crippen LogP contribution is -2.28. The smallest absolute Gasteiger partial charge is 0.204 e. The van der Waals surface area contributed by atoms with Crippen molar-refractivity contribution in [2.24, 2.45) is 0 Å². The van der Waals surface area contributed by atoms with Crippen LogP contribution in [0.3, 0.4) is 0 Å². The molecule has 32 heavy (non-hydrogen) atoms. The first-order valence-corrected chi connectivity index (χ1v) is 10.8. The zero-order chi connectivity index (χ0) is 23.8. The average molecular weight is 435 g/mol. The van der Waals surface area contributed by atoms with E-state index in [1.807, 2.05) is 71.9 Å². The minimum absolute atomic E-state index is 0.0373. The molecule has 0 atom stereocenters. The van der Waals surface area contributed by atoms with Crippen molar-refractivity contribution in [1.82, 2.24) is 9.13 Å². The van der Waals surface area contributed by atoms with E-state index < -0.39 is 0 Å². The van der Waals surface area contributed by atoms with Crippen molar-refractivity contribution in [3.63, 3.8) is 0 Å². The van der Waals surface area contributed by atoms with Crippen LogP contribution >= 0.6 is 0 Å². The Balaban J connectivity index is 1.98. The number of benzene rings is 2. The second kappa shape index (κ2) is 8.34. The number of rotatable bonds is 5. The Morgan fingerprint density at radius 3 is 2.03 bits per heavy atom. The molecule has 1 aromatic heterocycles.